The average Bonchev–Trinajstić information content (AvgIpc) is 3.56. The van der Waals surface area contributed by atoms with Crippen LogP contribution in [-0.4, -0.2) is 89.2 Å². The number of hydrazine groups is 1. The van der Waals surface area contributed by atoms with Gasteiger partial charge in [-0.05, 0) is 63.2 Å². The smallest absolute Gasteiger partial charge is 0.0772 e. The molecule has 0 aromatic rings. The fourth-order valence-corrected chi connectivity index (χ4v) is 7.30. The third-order valence-corrected chi connectivity index (χ3v) is 9.08. The highest BCUT2D eigenvalue weighted by molar-refractivity contribution is 4.98. The van der Waals surface area contributed by atoms with Gasteiger partial charge < -0.3 is 14.9 Å². The lowest BCUT2D eigenvalue weighted by molar-refractivity contribution is 0.00616. The van der Waals surface area contributed by atoms with E-state index in [0.717, 1.165) is 63.6 Å². The Hall–Kier alpha value is -0.320. The summed E-state index contributed by atoms with van der Waals surface area (Å²) in [4.78, 5) is 2.68. The molecule has 8 nitrogen and oxygen atoms in total. The first-order valence-electron chi connectivity index (χ1n) is 13.8. The number of hydrogen-bond acceptors (Lipinski definition) is 8. The van der Waals surface area contributed by atoms with E-state index in [-0.39, 0.29) is 12.8 Å². The molecule has 0 radical (unpaired) electrons. The highest BCUT2D eigenvalue weighted by Crippen LogP contribution is 2.35. The predicted molar refractivity (Wildman–Crippen MR) is 128 cm³/mol. The Morgan fingerprint density at radius 1 is 1.03 bits per heavy atom. The number of rotatable bonds is 8. The van der Waals surface area contributed by atoms with E-state index in [1.54, 1.807) is 0 Å². The summed E-state index contributed by atoms with van der Waals surface area (Å²) in [5, 5.41) is 29.2. The maximum Gasteiger partial charge on any atom is 0.0772 e. The minimum Gasteiger partial charge on any atom is -0.394 e. The number of likely N-dealkylation sites (tertiary alicyclic amines) is 1. The summed E-state index contributed by atoms with van der Waals surface area (Å²) in [6.45, 7) is 5.41. The van der Waals surface area contributed by atoms with Crippen LogP contribution < -0.4 is 16.1 Å². The SMILES string of the molecule is CC1CCCC(C2CCN(C3CC(N4CC[C@H]5OCC[C@H]54)NC(CCCC(O)CO)N3)N2)C1. The molecule has 4 heterocycles. The van der Waals surface area contributed by atoms with Crippen molar-refractivity contribution in [1.29, 1.82) is 0 Å². The molecule has 0 bridgehead atoms. The molecule has 5 fully saturated rings. The van der Waals surface area contributed by atoms with Crippen molar-refractivity contribution in [3.63, 3.8) is 0 Å². The first kappa shape index (κ1) is 24.4. The van der Waals surface area contributed by atoms with Crippen molar-refractivity contribution in [3.8, 4) is 0 Å². The van der Waals surface area contributed by atoms with Crippen molar-refractivity contribution in [3.05, 3.63) is 0 Å². The Balaban J connectivity index is 1.21. The number of fused-ring (bicyclic) bond motifs is 1. The first-order valence-corrected chi connectivity index (χ1v) is 13.8. The van der Waals surface area contributed by atoms with Gasteiger partial charge in [-0.3, -0.25) is 21.0 Å². The zero-order valence-corrected chi connectivity index (χ0v) is 20.5. The van der Waals surface area contributed by atoms with Gasteiger partial charge in [0.15, 0.2) is 0 Å². The van der Waals surface area contributed by atoms with E-state index in [4.69, 9.17) is 9.84 Å². The van der Waals surface area contributed by atoms with Gasteiger partial charge in [0, 0.05) is 38.2 Å². The number of ether oxygens (including phenoxy) is 1. The van der Waals surface area contributed by atoms with Crippen molar-refractivity contribution in [2.24, 2.45) is 11.8 Å². The molecule has 0 spiro atoms. The summed E-state index contributed by atoms with van der Waals surface area (Å²) < 4.78 is 5.99. The normalized spacial score (nSPS) is 43.7. The predicted octanol–water partition coefficient (Wildman–Crippen LogP) is 1.34. The Morgan fingerprint density at radius 3 is 2.76 bits per heavy atom. The van der Waals surface area contributed by atoms with E-state index in [1.807, 2.05) is 0 Å². The van der Waals surface area contributed by atoms with Crippen LogP contribution in [0.15, 0.2) is 0 Å². The highest BCUT2D eigenvalue weighted by atomic mass is 16.5. The first-order chi connectivity index (χ1) is 16.1. The third-order valence-electron chi connectivity index (χ3n) is 9.08. The van der Waals surface area contributed by atoms with Gasteiger partial charge in [0.05, 0.1) is 37.3 Å². The molecule has 5 N–H and O–H groups in total. The molecule has 33 heavy (non-hydrogen) atoms. The standard InChI is InChI=1S/C25H47N5O3/c1-17-4-2-5-18(14-17)20-8-12-30(28-20)25-15-24(29-11-9-22-21(29)10-13-33-22)26-23(27-25)7-3-6-19(32)16-31/h17-28,31-32H,2-16H2,1H3/t17?,18?,19?,20?,21-,22-,23?,24?,25?/m1/s1. The molecule has 190 valence electrons. The highest BCUT2D eigenvalue weighted by Gasteiger charge is 2.45. The molecule has 4 saturated heterocycles. The molecule has 1 aliphatic carbocycles. The van der Waals surface area contributed by atoms with Gasteiger partial charge in [-0.15, -0.1) is 0 Å². The molecule has 7 unspecified atom stereocenters. The molecule has 5 aliphatic rings. The van der Waals surface area contributed by atoms with E-state index in [9.17, 15) is 5.11 Å². The lowest BCUT2D eigenvalue weighted by atomic mass is 9.78. The molecule has 5 rings (SSSR count). The van der Waals surface area contributed by atoms with Crippen LogP contribution in [-0.2, 0) is 4.74 Å². The lowest BCUT2D eigenvalue weighted by Crippen LogP contribution is -2.68. The zero-order valence-electron chi connectivity index (χ0n) is 20.5. The van der Waals surface area contributed by atoms with E-state index >= 15 is 0 Å². The van der Waals surface area contributed by atoms with Crippen molar-refractivity contribution in [1.82, 2.24) is 26.0 Å². The van der Waals surface area contributed by atoms with E-state index in [1.165, 1.54) is 32.1 Å². The maximum atomic E-state index is 9.78. The molecule has 8 heteroatoms. The summed E-state index contributed by atoms with van der Waals surface area (Å²) in [5.41, 5.74) is 3.94. The number of hydrogen-bond donors (Lipinski definition) is 5. The van der Waals surface area contributed by atoms with E-state index in [2.05, 4.69) is 32.9 Å². The minimum absolute atomic E-state index is 0.146. The molecular formula is C25H47N5O3. The van der Waals surface area contributed by atoms with Gasteiger partial charge in [0.2, 0.25) is 0 Å². The van der Waals surface area contributed by atoms with Crippen LogP contribution in [0.4, 0.5) is 0 Å². The van der Waals surface area contributed by atoms with Gasteiger partial charge >= 0.3 is 0 Å². The van der Waals surface area contributed by atoms with Gasteiger partial charge in [0.1, 0.15) is 0 Å². The molecule has 0 aromatic carbocycles. The van der Waals surface area contributed by atoms with E-state index in [0.29, 0.717) is 36.9 Å². The van der Waals surface area contributed by atoms with Crippen LogP contribution in [0.1, 0.15) is 77.6 Å². The Kier molecular flexibility index (Phi) is 8.25. The molecule has 0 aromatic heterocycles. The summed E-state index contributed by atoms with van der Waals surface area (Å²) in [6, 6.07) is 1.18. The maximum absolute atomic E-state index is 9.78. The summed E-state index contributed by atoms with van der Waals surface area (Å²) >= 11 is 0. The quantitative estimate of drug-likeness (QED) is 0.367. The van der Waals surface area contributed by atoms with Gasteiger partial charge in [-0.25, -0.2) is 5.01 Å². The third kappa shape index (κ3) is 5.75. The van der Waals surface area contributed by atoms with Crippen LogP contribution in [0, 0.1) is 11.8 Å². The average molecular weight is 466 g/mol. The largest absolute Gasteiger partial charge is 0.394 e. The Bertz CT molecular complexity index is 627. The molecule has 4 aliphatic heterocycles. The van der Waals surface area contributed by atoms with Gasteiger partial charge in [0.25, 0.3) is 0 Å². The lowest BCUT2D eigenvalue weighted by Gasteiger charge is -2.46. The van der Waals surface area contributed by atoms with Crippen LogP contribution in [0.3, 0.4) is 0 Å². The van der Waals surface area contributed by atoms with Crippen LogP contribution in [0.2, 0.25) is 0 Å². The fraction of sp³-hybridized carbons (Fsp3) is 1.00. The molecule has 1 saturated carbocycles. The number of nitrogens with zero attached hydrogens (tertiary/aromatic N) is 2. The minimum atomic E-state index is -0.603. The Labute approximate surface area is 199 Å². The van der Waals surface area contributed by atoms with Crippen molar-refractivity contribution in [2.45, 2.75) is 120 Å². The second-order valence-corrected chi connectivity index (χ2v) is 11.5. The van der Waals surface area contributed by atoms with Crippen molar-refractivity contribution >= 4 is 0 Å². The summed E-state index contributed by atoms with van der Waals surface area (Å²) in [5.74, 6) is 1.69. The monoisotopic (exact) mass is 465 g/mol. The zero-order chi connectivity index (χ0) is 22.8. The van der Waals surface area contributed by atoms with Crippen LogP contribution >= 0.6 is 0 Å². The number of nitrogens with one attached hydrogen (secondary N) is 3. The molecule has 9 atom stereocenters. The Morgan fingerprint density at radius 2 is 1.91 bits per heavy atom. The summed E-state index contributed by atoms with van der Waals surface area (Å²) in [6.07, 6.45) is 13.4. The van der Waals surface area contributed by atoms with Gasteiger partial charge in [-0.1, -0.05) is 19.8 Å². The van der Waals surface area contributed by atoms with E-state index < -0.39 is 6.10 Å². The van der Waals surface area contributed by atoms with Crippen molar-refractivity contribution in [2.75, 3.05) is 26.3 Å². The van der Waals surface area contributed by atoms with Crippen LogP contribution in [0.25, 0.3) is 0 Å². The molecular weight excluding hydrogens is 418 g/mol. The van der Waals surface area contributed by atoms with Crippen molar-refractivity contribution < 1.29 is 14.9 Å². The topological polar surface area (TPSA) is 92.3 Å². The second kappa shape index (κ2) is 11.2. The fourth-order valence-electron chi connectivity index (χ4n) is 7.30. The molecule has 0 amide bonds. The second-order valence-electron chi connectivity index (χ2n) is 11.5. The van der Waals surface area contributed by atoms with Gasteiger partial charge in [-0.2, -0.15) is 0 Å². The van der Waals surface area contributed by atoms with Crippen LogP contribution in [0.5, 0.6) is 0 Å². The number of aliphatic hydroxyl groups is 2. The summed E-state index contributed by atoms with van der Waals surface area (Å²) in [7, 11) is 0. The number of aliphatic hydroxyl groups excluding tert-OH is 2.